The van der Waals surface area contributed by atoms with Gasteiger partial charge in [-0.3, -0.25) is 9.78 Å². The Morgan fingerprint density at radius 3 is 2.75 bits per heavy atom. The van der Waals surface area contributed by atoms with Gasteiger partial charge in [-0.15, -0.1) is 0 Å². The molecule has 4 nitrogen and oxygen atoms in total. The molecular weight excluding hydrogens is 250 g/mol. The molecule has 4 heteroatoms. The third kappa shape index (κ3) is 2.69. The molecule has 1 aliphatic rings. The standard InChI is InChI=1S/C16H17N3O/c1-11-9-18-15(10-17-11)16(20)19-14-7-6-12-4-2-3-5-13(12)8-14/h2-5,9-10,14H,6-8H2,1H3,(H,19,20)/t14-/m1/s1. The van der Waals surface area contributed by atoms with E-state index in [1.54, 1.807) is 6.20 Å². The van der Waals surface area contributed by atoms with Crippen LogP contribution in [0.15, 0.2) is 36.7 Å². The lowest BCUT2D eigenvalue weighted by Crippen LogP contribution is -2.39. The normalized spacial score (nSPS) is 17.4. The number of carbonyl (C=O) groups excluding carboxylic acids is 1. The highest BCUT2D eigenvalue weighted by Gasteiger charge is 2.20. The van der Waals surface area contributed by atoms with Crippen molar-refractivity contribution in [3.05, 3.63) is 59.2 Å². The first-order valence-electron chi connectivity index (χ1n) is 6.88. The number of hydrogen-bond donors (Lipinski definition) is 1. The van der Waals surface area contributed by atoms with Crippen LogP contribution >= 0.6 is 0 Å². The summed E-state index contributed by atoms with van der Waals surface area (Å²) in [6.45, 7) is 1.85. The van der Waals surface area contributed by atoms with Crippen molar-refractivity contribution in [2.24, 2.45) is 0 Å². The van der Waals surface area contributed by atoms with Crippen molar-refractivity contribution in [2.75, 3.05) is 0 Å². The Hall–Kier alpha value is -2.23. The molecule has 1 aromatic carbocycles. The van der Waals surface area contributed by atoms with Crippen LogP contribution in [0.25, 0.3) is 0 Å². The number of fused-ring (bicyclic) bond motifs is 1. The molecule has 0 unspecified atom stereocenters. The van der Waals surface area contributed by atoms with Crippen LogP contribution < -0.4 is 5.32 Å². The minimum Gasteiger partial charge on any atom is -0.348 e. The Balaban J connectivity index is 1.67. The number of hydrogen-bond acceptors (Lipinski definition) is 3. The summed E-state index contributed by atoms with van der Waals surface area (Å²) >= 11 is 0. The smallest absolute Gasteiger partial charge is 0.271 e. The number of nitrogens with zero attached hydrogens (tertiary/aromatic N) is 2. The second kappa shape index (κ2) is 5.41. The predicted molar refractivity (Wildman–Crippen MR) is 76.5 cm³/mol. The van der Waals surface area contributed by atoms with Gasteiger partial charge in [0.1, 0.15) is 5.69 Å². The molecule has 3 rings (SSSR count). The largest absolute Gasteiger partial charge is 0.348 e. The van der Waals surface area contributed by atoms with Gasteiger partial charge in [-0.25, -0.2) is 4.98 Å². The second-order valence-corrected chi connectivity index (χ2v) is 5.22. The molecule has 2 aromatic rings. The Bertz CT molecular complexity index is 622. The van der Waals surface area contributed by atoms with Crippen molar-refractivity contribution < 1.29 is 4.79 Å². The fourth-order valence-electron chi connectivity index (χ4n) is 2.59. The van der Waals surface area contributed by atoms with Gasteiger partial charge in [0, 0.05) is 12.2 Å². The van der Waals surface area contributed by atoms with E-state index in [0.29, 0.717) is 5.69 Å². The van der Waals surface area contributed by atoms with Crippen molar-refractivity contribution in [1.82, 2.24) is 15.3 Å². The summed E-state index contributed by atoms with van der Waals surface area (Å²) in [6.07, 6.45) is 6.02. The number of carbonyl (C=O) groups is 1. The summed E-state index contributed by atoms with van der Waals surface area (Å²) in [4.78, 5) is 20.3. The van der Waals surface area contributed by atoms with Crippen LogP contribution in [0.3, 0.4) is 0 Å². The topological polar surface area (TPSA) is 54.9 Å². The lowest BCUT2D eigenvalue weighted by atomic mass is 9.88. The van der Waals surface area contributed by atoms with Crippen LogP contribution in [0.1, 0.15) is 33.7 Å². The van der Waals surface area contributed by atoms with Crippen LogP contribution in [-0.2, 0) is 12.8 Å². The summed E-state index contributed by atoms with van der Waals surface area (Å²) < 4.78 is 0. The maximum Gasteiger partial charge on any atom is 0.271 e. The Morgan fingerprint density at radius 1 is 1.20 bits per heavy atom. The lowest BCUT2D eigenvalue weighted by Gasteiger charge is -2.25. The first-order chi connectivity index (χ1) is 9.72. The highest BCUT2D eigenvalue weighted by Crippen LogP contribution is 2.21. The summed E-state index contributed by atoms with van der Waals surface area (Å²) in [6, 6.07) is 8.60. The van der Waals surface area contributed by atoms with E-state index in [4.69, 9.17) is 0 Å². The van der Waals surface area contributed by atoms with Gasteiger partial charge in [-0.1, -0.05) is 24.3 Å². The minimum atomic E-state index is -0.137. The van der Waals surface area contributed by atoms with E-state index < -0.39 is 0 Å². The summed E-state index contributed by atoms with van der Waals surface area (Å²) in [5, 5.41) is 3.05. The molecule has 1 aliphatic carbocycles. The number of nitrogens with one attached hydrogen (secondary N) is 1. The molecule has 0 aliphatic heterocycles. The first kappa shape index (κ1) is 12.8. The molecule has 0 radical (unpaired) electrons. The lowest BCUT2D eigenvalue weighted by molar-refractivity contribution is 0.0928. The zero-order valence-electron chi connectivity index (χ0n) is 11.5. The van der Waals surface area contributed by atoms with Crippen LogP contribution in [0.5, 0.6) is 0 Å². The zero-order valence-corrected chi connectivity index (χ0v) is 11.5. The molecule has 20 heavy (non-hydrogen) atoms. The highest BCUT2D eigenvalue weighted by molar-refractivity contribution is 5.92. The van der Waals surface area contributed by atoms with Crippen LogP contribution in [0, 0.1) is 6.92 Å². The predicted octanol–water partition coefficient (Wildman–Crippen LogP) is 2.07. The van der Waals surface area contributed by atoms with E-state index in [2.05, 4.69) is 39.6 Å². The van der Waals surface area contributed by atoms with Gasteiger partial charge in [0.25, 0.3) is 5.91 Å². The zero-order chi connectivity index (χ0) is 13.9. The van der Waals surface area contributed by atoms with Gasteiger partial charge in [0.2, 0.25) is 0 Å². The highest BCUT2D eigenvalue weighted by atomic mass is 16.1. The summed E-state index contributed by atoms with van der Waals surface area (Å²) in [7, 11) is 0. The van der Waals surface area contributed by atoms with Crippen LogP contribution in [0.4, 0.5) is 0 Å². The van der Waals surface area contributed by atoms with E-state index in [1.165, 1.54) is 17.3 Å². The van der Waals surface area contributed by atoms with Crippen molar-refractivity contribution in [2.45, 2.75) is 32.2 Å². The molecule has 0 saturated carbocycles. The third-order valence-electron chi connectivity index (χ3n) is 3.70. The van der Waals surface area contributed by atoms with E-state index in [0.717, 1.165) is 25.0 Å². The molecule has 1 heterocycles. The van der Waals surface area contributed by atoms with Crippen LogP contribution in [0.2, 0.25) is 0 Å². The van der Waals surface area contributed by atoms with Crippen LogP contribution in [-0.4, -0.2) is 21.9 Å². The van der Waals surface area contributed by atoms with E-state index >= 15 is 0 Å². The molecule has 0 fully saturated rings. The van der Waals surface area contributed by atoms with Gasteiger partial charge in [-0.05, 0) is 37.3 Å². The van der Waals surface area contributed by atoms with E-state index in [1.807, 2.05) is 6.92 Å². The molecular formula is C16H17N3O. The Morgan fingerprint density at radius 2 is 2.00 bits per heavy atom. The summed E-state index contributed by atoms with van der Waals surface area (Å²) in [5.41, 5.74) is 3.93. The first-order valence-corrected chi connectivity index (χ1v) is 6.88. The number of rotatable bonds is 2. The van der Waals surface area contributed by atoms with Gasteiger partial charge < -0.3 is 5.32 Å². The minimum absolute atomic E-state index is 0.137. The molecule has 0 spiro atoms. The number of amides is 1. The molecule has 1 N–H and O–H groups in total. The molecule has 102 valence electrons. The number of aryl methyl sites for hydroxylation is 2. The van der Waals surface area contributed by atoms with Crippen molar-refractivity contribution in [3.63, 3.8) is 0 Å². The Labute approximate surface area is 118 Å². The number of aromatic nitrogens is 2. The third-order valence-corrected chi connectivity index (χ3v) is 3.70. The van der Waals surface area contributed by atoms with Gasteiger partial charge >= 0.3 is 0 Å². The fourth-order valence-corrected chi connectivity index (χ4v) is 2.59. The second-order valence-electron chi connectivity index (χ2n) is 5.22. The fraction of sp³-hybridized carbons (Fsp3) is 0.312. The Kier molecular flexibility index (Phi) is 3.46. The van der Waals surface area contributed by atoms with E-state index in [-0.39, 0.29) is 11.9 Å². The van der Waals surface area contributed by atoms with Gasteiger partial charge in [0.05, 0.1) is 11.9 Å². The van der Waals surface area contributed by atoms with Crippen molar-refractivity contribution >= 4 is 5.91 Å². The van der Waals surface area contributed by atoms with Gasteiger partial charge in [-0.2, -0.15) is 0 Å². The molecule has 0 bridgehead atoms. The SMILES string of the molecule is Cc1cnc(C(=O)N[C@@H]2CCc3ccccc3C2)cn1. The summed E-state index contributed by atoms with van der Waals surface area (Å²) in [5.74, 6) is -0.137. The van der Waals surface area contributed by atoms with E-state index in [9.17, 15) is 4.79 Å². The average molecular weight is 267 g/mol. The molecule has 1 aromatic heterocycles. The van der Waals surface area contributed by atoms with Gasteiger partial charge in [0.15, 0.2) is 0 Å². The monoisotopic (exact) mass is 267 g/mol. The maximum absolute atomic E-state index is 12.1. The average Bonchev–Trinajstić information content (AvgIpc) is 2.48. The van der Waals surface area contributed by atoms with Crippen molar-refractivity contribution in [3.8, 4) is 0 Å². The number of benzene rings is 1. The maximum atomic E-state index is 12.1. The molecule has 1 atom stereocenters. The quantitative estimate of drug-likeness (QED) is 0.906. The van der Waals surface area contributed by atoms with Crippen molar-refractivity contribution in [1.29, 1.82) is 0 Å². The molecule has 1 amide bonds. The molecule has 0 saturated heterocycles.